The van der Waals surface area contributed by atoms with Gasteiger partial charge in [-0.3, -0.25) is 14.4 Å². The minimum Gasteiger partial charge on any atom is -0.326 e. The van der Waals surface area contributed by atoms with Gasteiger partial charge < -0.3 is 15.6 Å². The summed E-state index contributed by atoms with van der Waals surface area (Å²) in [5.74, 6) is -1.82. The largest absolute Gasteiger partial charge is 0.326 e. The first-order chi connectivity index (χ1) is 14.9. The molecule has 3 N–H and O–H groups in total. The third-order valence-electron chi connectivity index (χ3n) is 4.65. The zero-order valence-electron chi connectivity index (χ0n) is 15.9. The average Bonchev–Trinajstić information content (AvgIpc) is 2.74. The summed E-state index contributed by atoms with van der Waals surface area (Å²) in [7, 11) is 0. The lowest BCUT2D eigenvalue weighted by atomic mass is 9.92. The van der Waals surface area contributed by atoms with E-state index in [2.05, 4.69) is 20.6 Å². The number of anilines is 2. The summed E-state index contributed by atoms with van der Waals surface area (Å²) < 4.78 is 13.1. The monoisotopic (exact) mass is 458 g/mol. The molecule has 31 heavy (non-hydrogen) atoms. The van der Waals surface area contributed by atoms with Crippen molar-refractivity contribution in [1.29, 1.82) is 0 Å². The Bertz CT molecular complexity index is 1200. The summed E-state index contributed by atoms with van der Waals surface area (Å²) in [4.78, 5) is 44.7. The standard InChI is InChI=1S/C21H16ClFN4O3S/c22-12-3-1-11(2-4-12)10-31-21-26-18-17(20(30)27-21)15(9-16(28)25-18)19(29)24-14-7-5-13(23)6-8-14/h1-8,15H,9-10H2,(H,24,29)(H2,25,26,27,28,30). The first-order valence-electron chi connectivity index (χ1n) is 9.27. The molecule has 3 aromatic rings. The van der Waals surface area contributed by atoms with Crippen LogP contribution in [-0.2, 0) is 15.3 Å². The maximum Gasteiger partial charge on any atom is 0.257 e. The number of aromatic nitrogens is 2. The van der Waals surface area contributed by atoms with Crippen LogP contribution in [0.5, 0.6) is 0 Å². The molecule has 1 unspecified atom stereocenters. The van der Waals surface area contributed by atoms with Gasteiger partial charge in [-0.25, -0.2) is 9.37 Å². The van der Waals surface area contributed by atoms with Crippen molar-refractivity contribution in [1.82, 2.24) is 9.97 Å². The molecule has 1 atom stereocenters. The first-order valence-corrected chi connectivity index (χ1v) is 10.6. The Kier molecular flexibility index (Phi) is 6.06. The SMILES string of the molecule is O=C1CC(C(=O)Nc2ccc(F)cc2)c2c(nc(SCc3ccc(Cl)cc3)[nH]c2=O)N1. The molecule has 2 amide bonds. The molecule has 0 saturated carbocycles. The third-order valence-corrected chi connectivity index (χ3v) is 5.84. The first kappa shape index (κ1) is 21.1. The van der Waals surface area contributed by atoms with Gasteiger partial charge in [0.1, 0.15) is 11.6 Å². The quantitative estimate of drug-likeness (QED) is 0.397. The molecule has 1 aliphatic rings. The van der Waals surface area contributed by atoms with Crippen molar-refractivity contribution in [2.24, 2.45) is 0 Å². The molecule has 1 aliphatic heterocycles. The van der Waals surface area contributed by atoms with Gasteiger partial charge in [-0.15, -0.1) is 0 Å². The van der Waals surface area contributed by atoms with Crippen molar-refractivity contribution >= 4 is 46.7 Å². The van der Waals surface area contributed by atoms with Gasteiger partial charge in [0, 0.05) is 22.9 Å². The molecule has 0 saturated heterocycles. The highest BCUT2D eigenvalue weighted by Gasteiger charge is 2.34. The molecule has 0 bridgehead atoms. The number of hydrogen-bond donors (Lipinski definition) is 3. The van der Waals surface area contributed by atoms with E-state index < -0.39 is 29.1 Å². The van der Waals surface area contributed by atoms with Crippen molar-refractivity contribution in [3.05, 3.63) is 80.9 Å². The predicted octanol–water partition coefficient (Wildman–Crippen LogP) is 3.92. The Morgan fingerprint density at radius 3 is 2.58 bits per heavy atom. The van der Waals surface area contributed by atoms with Crippen LogP contribution in [0.4, 0.5) is 15.9 Å². The van der Waals surface area contributed by atoms with E-state index in [0.29, 0.717) is 21.6 Å². The predicted molar refractivity (Wildman–Crippen MR) is 117 cm³/mol. The van der Waals surface area contributed by atoms with Crippen molar-refractivity contribution < 1.29 is 14.0 Å². The lowest BCUT2D eigenvalue weighted by Crippen LogP contribution is -2.36. The zero-order valence-corrected chi connectivity index (χ0v) is 17.5. The number of nitrogens with zero attached hydrogens (tertiary/aromatic N) is 1. The van der Waals surface area contributed by atoms with E-state index >= 15 is 0 Å². The smallest absolute Gasteiger partial charge is 0.257 e. The van der Waals surface area contributed by atoms with Gasteiger partial charge in [0.05, 0.1) is 11.5 Å². The molecule has 4 rings (SSSR count). The van der Waals surface area contributed by atoms with Gasteiger partial charge in [-0.1, -0.05) is 35.5 Å². The lowest BCUT2D eigenvalue weighted by molar-refractivity contribution is -0.123. The van der Waals surface area contributed by atoms with Crippen LogP contribution in [0, 0.1) is 5.82 Å². The molecule has 0 radical (unpaired) electrons. The van der Waals surface area contributed by atoms with Gasteiger partial charge in [0.15, 0.2) is 5.16 Å². The molecule has 2 aromatic carbocycles. The number of amides is 2. The summed E-state index contributed by atoms with van der Waals surface area (Å²) in [6.07, 6.45) is -0.192. The van der Waals surface area contributed by atoms with E-state index in [4.69, 9.17) is 11.6 Å². The van der Waals surface area contributed by atoms with Crippen LogP contribution in [0.1, 0.15) is 23.5 Å². The topological polar surface area (TPSA) is 104 Å². The average molecular weight is 459 g/mol. The Morgan fingerprint density at radius 1 is 1.16 bits per heavy atom. The van der Waals surface area contributed by atoms with Crippen LogP contribution in [0.3, 0.4) is 0 Å². The molecule has 10 heteroatoms. The number of carbonyl (C=O) groups excluding carboxylic acids is 2. The van der Waals surface area contributed by atoms with Gasteiger partial charge in [0.2, 0.25) is 11.8 Å². The fourth-order valence-electron chi connectivity index (χ4n) is 3.14. The van der Waals surface area contributed by atoms with Crippen LogP contribution in [-0.4, -0.2) is 21.8 Å². The highest BCUT2D eigenvalue weighted by molar-refractivity contribution is 7.98. The summed E-state index contributed by atoms with van der Waals surface area (Å²) >= 11 is 7.17. The second-order valence-electron chi connectivity index (χ2n) is 6.85. The van der Waals surface area contributed by atoms with E-state index in [1.165, 1.54) is 36.0 Å². The fraction of sp³-hybridized carbons (Fsp3) is 0.143. The van der Waals surface area contributed by atoms with E-state index in [0.717, 1.165) is 5.56 Å². The van der Waals surface area contributed by atoms with Gasteiger partial charge in [-0.05, 0) is 42.0 Å². The fourth-order valence-corrected chi connectivity index (χ4v) is 4.08. The summed E-state index contributed by atoms with van der Waals surface area (Å²) in [6, 6.07) is 12.5. The molecule has 0 aliphatic carbocycles. The number of H-pyrrole nitrogens is 1. The number of carbonyl (C=O) groups is 2. The minimum atomic E-state index is -1.01. The van der Waals surface area contributed by atoms with Crippen molar-refractivity contribution in [2.45, 2.75) is 23.2 Å². The molecule has 0 spiro atoms. The van der Waals surface area contributed by atoms with Crippen LogP contribution in [0.25, 0.3) is 0 Å². The molecular weight excluding hydrogens is 443 g/mol. The second-order valence-corrected chi connectivity index (χ2v) is 8.25. The normalized spacial score (nSPS) is 15.2. The van der Waals surface area contributed by atoms with Crippen LogP contribution < -0.4 is 16.2 Å². The molecule has 1 aromatic heterocycles. The van der Waals surface area contributed by atoms with Gasteiger partial charge in [0.25, 0.3) is 5.56 Å². The number of halogens is 2. The van der Waals surface area contributed by atoms with E-state index in [1.807, 2.05) is 12.1 Å². The number of thioether (sulfide) groups is 1. The van der Waals surface area contributed by atoms with Crippen LogP contribution in [0.2, 0.25) is 5.02 Å². The summed E-state index contributed by atoms with van der Waals surface area (Å²) in [5.41, 5.74) is 0.937. The van der Waals surface area contributed by atoms with E-state index in [-0.39, 0.29) is 17.8 Å². The van der Waals surface area contributed by atoms with Crippen LogP contribution >= 0.6 is 23.4 Å². The molecule has 7 nitrogen and oxygen atoms in total. The van der Waals surface area contributed by atoms with Crippen molar-refractivity contribution in [2.75, 3.05) is 10.6 Å². The summed E-state index contributed by atoms with van der Waals surface area (Å²) in [5, 5.41) is 6.13. The Hall–Kier alpha value is -3.17. The van der Waals surface area contributed by atoms with Crippen molar-refractivity contribution in [3.63, 3.8) is 0 Å². The van der Waals surface area contributed by atoms with E-state index in [9.17, 15) is 18.8 Å². The minimum absolute atomic E-state index is 0.0675. The number of rotatable bonds is 5. The highest BCUT2D eigenvalue weighted by Crippen LogP contribution is 2.31. The number of nitrogens with one attached hydrogen (secondary N) is 3. The molecule has 2 heterocycles. The van der Waals surface area contributed by atoms with Gasteiger partial charge >= 0.3 is 0 Å². The van der Waals surface area contributed by atoms with Crippen molar-refractivity contribution in [3.8, 4) is 0 Å². The molecule has 158 valence electrons. The molecule has 0 fully saturated rings. The Balaban J connectivity index is 1.56. The third kappa shape index (κ3) is 4.95. The van der Waals surface area contributed by atoms with Gasteiger partial charge in [-0.2, -0.15) is 0 Å². The molecular formula is C21H16ClFN4O3S. The Labute approximate surface area is 185 Å². The maximum absolute atomic E-state index is 13.1. The Morgan fingerprint density at radius 2 is 1.87 bits per heavy atom. The van der Waals surface area contributed by atoms with E-state index in [1.54, 1.807) is 12.1 Å². The maximum atomic E-state index is 13.1. The zero-order chi connectivity index (χ0) is 22.0. The van der Waals surface area contributed by atoms with Crippen LogP contribution in [0.15, 0.2) is 58.5 Å². The number of aromatic amines is 1. The number of benzene rings is 2. The number of fused-ring (bicyclic) bond motifs is 1. The highest BCUT2D eigenvalue weighted by atomic mass is 35.5. The lowest BCUT2D eigenvalue weighted by Gasteiger charge is -2.23. The summed E-state index contributed by atoms with van der Waals surface area (Å²) in [6.45, 7) is 0. The number of hydrogen-bond acceptors (Lipinski definition) is 5. The second kappa shape index (κ2) is 8.91.